The molecule has 0 aromatic carbocycles. The molecule has 1 aliphatic heterocycles. The summed E-state index contributed by atoms with van der Waals surface area (Å²) in [6, 6.07) is 0. The third-order valence-corrected chi connectivity index (χ3v) is 4.40. The van der Waals surface area contributed by atoms with E-state index in [0.717, 1.165) is 5.32 Å². The lowest BCUT2D eigenvalue weighted by atomic mass is 10.2. The predicted octanol–water partition coefficient (Wildman–Crippen LogP) is 5.58. The second-order valence-corrected chi connectivity index (χ2v) is 7.62. The Morgan fingerprint density at radius 2 is 0.950 bits per heavy atom. The van der Waals surface area contributed by atoms with E-state index in [1.165, 1.54) is 14.2 Å². The molecule has 1 heterocycles. The Kier molecular flexibility index (Phi) is 9.62. The molecule has 0 saturated carbocycles. The van der Waals surface area contributed by atoms with E-state index in [4.69, 9.17) is 0 Å². The van der Waals surface area contributed by atoms with Gasteiger partial charge < -0.3 is 5.32 Å². The first-order chi connectivity index (χ1) is 17.3. The number of aliphatic imine (C=N–C) groups is 1. The summed E-state index contributed by atoms with van der Waals surface area (Å²) in [5.41, 5.74) is 0. The molecule has 0 bridgehead atoms. The fraction of sp³-hybridized carbons (Fsp3) is 0.846. The van der Waals surface area contributed by atoms with Crippen LogP contribution < -0.4 is 5.32 Å². The second-order valence-electron chi connectivity index (χ2n) is 6.54. The van der Waals surface area contributed by atoms with Gasteiger partial charge in [-0.3, -0.25) is 14.5 Å². The van der Waals surface area contributed by atoms with Crippen molar-refractivity contribution >= 4 is 22.8 Å². The molecule has 236 valence electrons. The Balaban J connectivity index is 3.28. The Labute approximate surface area is 208 Å². The number of hydrogen-bond donors (Lipinski definition) is 1. The lowest BCUT2D eigenvalue weighted by Crippen LogP contribution is -2.63. The number of carbonyl (C=O) groups excluding carboxylic acids is 1. The number of amides is 1. The number of nitrogens with zero attached hydrogens (tertiary/aromatic N) is 1. The van der Waals surface area contributed by atoms with Crippen LogP contribution in [-0.2, 0) is 23.7 Å². The summed E-state index contributed by atoms with van der Waals surface area (Å²) in [4.78, 5) is 14.7. The number of nitrogens with one attached hydrogen (secondary N) is 1. The highest BCUT2D eigenvalue weighted by Crippen LogP contribution is 2.52. The van der Waals surface area contributed by atoms with Gasteiger partial charge in [0.05, 0.1) is 6.54 Å². The Morgan fingerprint density at radius 3 is 1.25 bits per heavy atom. The third kappa shape index (κ3) is 7.84. The van der Waals surface area contributed by atoms with Crippen LogP contribution in [0.4, 0.5) is 83.4 Å². The van der Waals surface area contributed by atoms with E-state index in [1.54, 1.807) is 0 Å². The van der Waals surface area contributed by atoms with Gasteiger partial charge in [-0.05, 0) is 0 Å². The minimum atomic E-state index is -7.81. The van der Waals surface area contributed by atoms with Gasteiger partial charge in [0.2, 0.25) is 0 Å². The van der Waals surface area contributed by atoms with E-state index in [2.05, 4.69) is 4.99 Å². The van der Waals surface area contributed by atoms with Gasteiger partial charge in [-0.25, -0.2) is 14.2 Å². The van der Waals surface area contributed by atoms with Crippen molar-refractivity contribution < 1.29 is 107 Å². The van der Waals surface area contributed by atoms with Gasteiger partial charge in [0.15, 0.2) is 5.17 Å². The van der Waals surface area contributed by atoms with E-state index in [1.807, 2.05) is 4.74 Å². The standard InChI is InChI=1S/C13H5F19N2O5S/c14-5(6(15,16)17,3(35)34-4-33-1-2-40-4)36-7(18,19)8(20,21)37-9(22,23)10(24,25)38-11(26,27)12(28,29)39-13(30,31)32/h1-2H2,(H,33,34,35). The third-order valence-electron chi connectivity index (χ3n) is 3.50. The summed E-state index contributed by atoms with van der Waals surface area (Å²) in [5.74, 6) is -10.2. The number of alkyl halides is 19. The largest absolute Gasteiger partial charge is 0.527 e. The van der Waals surface area contributed by atoms with Crippen molar-refractivity contribution in [2.24, 2.45) is 4.99 Å². The maximum atomic E-state index is 14.2. The number of halogens is 19. The molecule has 40 heavy (non-hydrogen) atoms. The quantitative estimate of drug-likeness (QED) is 0.292. The lowest BCUT2D eigenvalue weighted by Gasteiger charge is -2.36. The Bertz CT molecular complexity index is 967. The minimum Gasteiger partial charge on any atom is -0.300 e. The monoisotopic (exact) mass is 662 g/mol. The smallest absolute Gasteiger partial charge is 0.300 e. The zero-order valence-corrected chi connectivity index (χ0v) is 18.3. The summed E-state index contributed by atoms with van der Waals surface area (Å²) < 4.78 is 253. The van der Waals surface area contributed by atoms with Crippen molar-refractivity contribution in [3.63, 3.8) is 0 Å². The van der Waals surface area contributed by atoms with Crippen molar-refractivity contribution in [2.75, 3.05) is 12.3 Å². The van der Waals surface area contributed by atoms with Crippen LogP contribution in [0.15, 0.2) is 4.99 Å². The maximum Gasteiger partial charge on any atom is 0.527 e. The number of ether oxygens (including phenoxy) is 4. The van der Waals surface area contributed by atoms with Crippen LogP contribution in [0.1, 0.15) is 0 Å². The van der Waals surface area contributed by atoms with Crippen LogP contribution in [-0.4, -0.2) is 78.4 Å². The van der Waals surface area contributed by atoms with E-state index in [-0.39, 0.29) is 12.3 Å². The van der Waals surface area contributed by atoms with E-state index in [9.17, 15) is 88.2 Å². The number of carbonyl (C=O) groups is 1. The van der Waals surface area contributed by atoms with E-state index >= 15 is 0 Å². The van der Waals surface area contributed by atoms with E-state index < -0.39 is 66.1 Å². The lowest BCUT2D eigenvalue weighted by molar-refractivity contribution is -0.579. The number of hydrogen-bond acceptors (Lipinski definition) is 7. The number of thioether (sulfide) groups is 1. The van der Waals surface area contributed by atoms with Gasteiger partial charge in [0, 0.05) is 5.75 Å². The molecular weight excluding hydrogens is 657 g/mol. The molecule has 1 amide bonds. The number of rotatable bonds is 11. The van der Waals surface area contributed by atoms with Crippen molar-refractivity contribution in [1.29, 1.82) is 0 Å². The molecule has 1 atom stereocenters. The Hall–Kier alpha value is -2.00. The zero-order valence-electron chi connectivity index (χ0n) is 17.5. The van der Waals surface area contributed by atoms with Crippen molar-refractivity contribution in [3.05, 3.63) is 0 Å². The molecule has 7 nitrogen and oxygen atoms in total. The molecule has 0 spiro atoms. The molecule has 1 aliphatic rings. The summed E-state index contributed by atoms with van der Waals surface area (Å²) in [6.45, 7) is -0.271. The summed E-state index contributed by atoms with van der Waals surface area (Å²) in [5, 5.41) is -0.114. The normalized spacial score (nSPS) is 18.4. The SMILES string of the molecule is O=C(NC1=NCCS1)C(F)(OC(F)(F)C(F)(F)OC(F)(F)C(F)(F)OC(F)(F)C(F)(F)OC(F)(F)F)C(F)(F)F. The first-order valence-corrected chi connectivity index (χ1v) is 9.70. The topological polar surface area (TPSA) is 78.4 Å². The summed E-state index contributed by atoms with van der Waals surface area (Å²) >= 11 is 0.326. The van der Waals surface area contributed by atoms with E-state index in [0.29, 0.717) is 11.8 Å². The van der Waals surface area contributed by atoms with Crippen LogP contribution in [0.25, 0.3) is 0 Å². The van der Waals surface area contributed by atoms with Crippen LogP contribution in [0.5, 0.6) is 0 Å². The van der Waals surface area contributed by atoms with Crippen molar-refractivity contribution in [1.82, 2.24) is 5.32 Å². The first kappa shape index (κ1) is 36.0. The van der Waals surface area contributed by atoms with Gasteiger partial charge in [-0.15, -0.1) is 13.2 Å². The first-order valence-electron chi connectivity index (χ1n) is 8.71. The average Bonchev–Trinajstić information content (AvgIpc) is 3.15. The predicted molar refractivity (Wildman–Crippen MR) is 82.9 cm³/mol. The van der Waals surface area contributed by atoms with Gasteiger partial charge in [-0.1, -0.05) is 11.8 Å². The molecule has 1 N–H and O–H groups in total. The zero-order chi connectivity index (χ0) is 32.0. The molecule has 0 saturated heterocycles. The van der Waals surface area contributed by atoms with Crippen molar-refractivity contribution in [2.45, 2.75) is 55.0 Å². The van der Waals surface area contributed by atoms with Gasteiger partial charge >= 0.3 is 61.0 Å². The van der Waals surface area contributed by atoms with Crippen LogP contribution in [0.3, 0.4) is 0 Å². The van der Waals surface area contributed by atoms with Crippen LogP contribution >= 0.6 is 11.8 Å². The molecule has 27 heteroatoms. The summed E-state index contributed by atoms with van der Waals surface area (Å²) in [7, 11) is 0. The fourth-order valence-electron chi connectivity index (χ4n) is 1.82. The van der Waals surface area contributed by atoms with Gasteiger partial charge in [0.1, 0.15) is 0 Å². The molecule has 1 unspecified atom stereocenters. The highest BCUT2D eigenvalue weighted by atomic mass is 32.2. The van der Waals surface area contributed by atoms with Gasteiger partial charge in [0.25, 0.3) is 0 Å². The molecule has 0 aromatic rings. The molecule has 0 aromatic heterocycles. The molecular formula is C13H5F19N2O5S. The number of amidine groups is 1. The highest BCUT2D eigenvalue weighted by molar-refractivity contribution is 8.14. The minimum absolute atomic E-state index is 0.109. The van der Waals surface area contributed by atoms with Gasteiger partial charge in [-0.2, -0.15) is 70.2 Å². The maximum absolute atomic E-state index is 14.2. The van der Waals surface area contributed by atoms with Crippen molar-refractivity contribution in [3.8, 4) is 0 Å². The average molecular weight is 662 g/mol. The molecule has 0 radical (unpaired) electrons. The second kappa shape index (κ2) is 10.7. The van der Waals surface area contributed by atoms with Crippen LogP contribution in [0.2, 0.25) is 0 Å². The highest BCUT2D eigenvalue weighted by Gasteiger charge is 2.79. The molecule has 0 aliphatic carbocycles. The Morgan fingerprint density at radius 1 is 0.600 bits per heavy atom. The fourth-order valence-corrected chi connectivity index (χ4v) is 2.54. The molecule has 0 fully saturated rings. The van der Waals surface area contributed by atoms with Crippen LogP contribution in [0, 0.1) is 0 Å². The summed E-state index contributed by atoms with van der Waals surface area (Å²) in [6.07, 6.45) is -59.7. The molecule has 1 rings (SSSR count).